The van der Waals surface area contributed by atoms with Crippen molar-refractivity contribution in [3.8, 4) is 5.75 Å². The van der Waals surface area contributed by atoms with Crippen molar-refractivity contribution in [1.29, 1.82) is 0 Å². The molecule has 2 aromatic carbocycles. The number of nitrogens with zero attached hydrogens (tertiary/aromatic N) is 1. The van der Waals surface area contributed by atoms with E-state index in [0.29, 0.717) is 18.0 Å². The van der Waals surface area contributed by atoms with Crippen LogP contribution in [0.1, 0.15) is 40.7 Å². The number of piperidine rings is 1. The van der Waals surface area contributed by atoms with E-state index in [2.05, 4.69) is 0 Å². The van der Waals surface area contributed by atoms with Gasteiger partial charge in [0.1, 0.15) is 11.6 Å². The first kappa shape index (κ1) is 17.5. The molecule has 0 saturated carbocycles. The van der Waals surface area contributed by atoms with E-state index >= 15 is 0 Å². The van der Waals surface area contributed by atoms with E-state index in [4.69, 9.17) is 0 Å². The van der Waals surface area contributed by atoms with Crippen LogP contribution in [0.4, 0.5) is 4.39 Å². The van der Waals surface area contributed by atoms with E-state index in [0.717, 1.165) is 43.4 Å². The van der Waals surface area contributed by atoms with Gasteiger partial charge in [0.25, 0.3) is 5.91 Å². The summed E-state index contributed by atoms with van der Waals surface area (Å²) in [6.45, 7) is 3.34. The van der Waals surface area contributed by atoms with Crippen LogP contribution in [0.5, 0.6) is 5.75 Å². The smallest absolute Gasteiger partial charge is 0.257 e. The average molecular weight is 341 g/mol. The van der Waals surface area contributed by atoms with Gasteiger partial charge in [-0.3, -0.25) is 4.79 Å². The van der Waals surface area contributed by atoms with E-state index in [1.807, 2.05) is 30.0 Å². The Kier molecular flexibility index (Phi) is 5.37. The number of halogens is 1. The number of carbonyl (C=O) groups is 1. The fourth-order valence-corrected chi connectivity index (χ4v) is 3.50. The molecule has 0 unspecified atom stereocenters. The first-order chi connectivity index (χ1) is 12.0. The Bertz CT molecular complexity index is 742. The summed E-state index contributed by atoms with van der Waals surface area (Å²) in [4.78, 5) is 14.6. The Morgan fingerprint density at radius 2 is 2.00 bits per heavy atom. The number of benzene rings is 2. The van der Waals surface area contributed by atoms with E-state index < -0.39 is 0 Å². The number of aryl methyl sites for hydroxylation is 2. The summed E-state index contributed by atoms with van der Waals surface area (Å²) in [5.74, 6) is 0.189. The van der Waals surface area contributed by atoms with Gasteiger partial charge in [0.15, 0.2) is 0 Å². The minimum Gasteiger partial charge on any atom is -0.507 e. The average Bonchev–Trinajstić information content (AvgIpc) is 2.61. The molecular formula is C21H24FNO2. The molecule has 0 aliphatic carbocycles. The number of phenols is 1. The van der Waals surface area contributed by atoms with Gasteiger partial charge in [0.2, 0.25) is 0 Å². The topological polar surface area (TPSA) is 40.5 Å². The molecule has 1 heterocycles. The number of hydrogen-bond acceptors (Lipinski definition) is 2. The zero-order valence-corrected chi connectivity index (χ0v) is 14.5. The first-order valence-electron chi connectivity index (χ1n) is 8.86. The summed E-state index contributed by atoms with van der Waals surface area (Å²) in [5.41, 5.74) is 2.44. The molecule has 1 atom stereocenters. The molecule has 0 spiro atoms. The van der Waals surface area contributed by atoms with E-state index in [1.54, 1.807) is 12.1 Å². The fraction of sp³-hybridized carbons (Fsp3) is 0.381. The predicted octanol–water partition coefficient (Wildman–Crippen LogP) is 4.32. The number of likely N-dealkylation sites (tertiary alicyclic amines) is 1. The maximum atomic E-state index is 13.0. The van der Waals surface area contributed by atoms with Crippen molar-refractivity contribution in [3.63, 3.8) is 0 Å². The molecule has 0 aromatic heterocycles. The van der Waals surface area contributed by atoms with Crippen LogP contribution in [0.2, 0.25) is 0 Å². The van der Waals surface area contributed by atoms with Crippen molar-refractivity contribution in [3.05, 3.63) is 65.0 Å². The van der Waals surface area contributed by atoms with Crippen LogP contribution in [-0.4, -0.2) is 29.0 Å². The summed E-state index contributed by atoms with van der Waals surface area (Å²) < 4.78 is 13.0. The van der Waals surface area contributed by atoms with Gasteiger partial charge in [-0.1, -0.05) is 18.2 Å². The Morgan fingerprint density at radius 3 is 2.72 bits per heavy atom. The van der Waals surface area contributed by atoms with Gasteiger partial charge in [-0.05, 0) is 73.9 Å². The highest BCUT2D eigenvalue weighted by Gasteiger charge is 2.25. The quantitative estimate of drug-likeness (QED) is 0.899. The third-order valence-corrected chi connectivity index (χ3v) is 4.94. The van der Waals surface area contributed by atoms with Crippen LogP contribution >= 0.6 is 0 Å². The number of amides is 1. The molecular weight excluding hydrogens is 317 g/mol. The Balaban J connectivity index is 1.60. The minimum atomic E-state index is -0.212. The van der Waals surface area contributed by atoms with Crippen LogP contribution in [0, 0.1) is 18.7 Å². The third-order valence-electron chi connectivity index (χ3n) is 4.94. The zero-order valence-electron chi connectivity index (χ0n) is 14.5. The lowest BCUT2D eigenvalue weighted by molar-refractivity contribution is 0.0665. The Morgan fingerprint density at radius 1 is 1.24 bits per heavy atom. The summed E-state index contributed by atoms with van der Waals surface area (Å²) in [7, 11) is 0. The number of carbonyl (C=O) groups excluding carboxylic acids is 1. The maximum absolute atomic E-state index is 13.0. The zero-order chi connectivity index (χ0) is 17.8. The molecule has 0 bridgehead atoms. The fourth-order valence-electron chi connectivity index (χ4n) is 3.50. The van der Waals surface area contributed by atoms with Gasteiger partial charge in [-0.25, -0.2) is 4.39 Å². The van der Waals surface area contributed by atoms with Crippen molar-refractivity contribution in [2.75, 3.05) is 13.1 Å². The number of aromatic hydroxyl groups is 1. The summed E-state index contributed by atoms with van der Waals surface area (Å²) in [5, 5.41) is 10.1. The molecule has 3 rings (SSSR count). The lowest BCUT2D eigenvalue weighted by Crippen LogP contribution is -2.40. The van der Waals surface area contributed by atoms with Gasteiger partial charge in [0.05, 0.1) is 5.56 Å². The van der Waals surface area contributed by atoms with Gasteiger partial charge in [0, 0.05) is 13.1 Å². The van der Waals surface area contributed by atoms with E-state index in [-0.39, 0.29) is 17.5 Å². The second-order valence-corrected chi connectivity index (χ2v) is 6.95. The monoisotopic (exact) mass is 341 g/mol. The molecule has 0 radical (unpaired) electrons. The molecule has 1 N–H and O–H groups in total. The van der Waals surface area contributed by atoms with Crippen LogP contribution < -0.4 is 0 Å². The Labute approximate surface area is 148 Å². The molecule has 1 saturated heterocycles. The summed E-state index contributed by atoms with van der Waals surface area (Å²) in [6.07, 6.45) is 3.95. The maximum Gasteiger partial charge on any atom is 0.257 e. The van der Waals surface area contributed by atoms with Crippen LogP contribution in [-0.2, 0) is 6.42 Å². The molecule has 2 aromatic rings. The van der Waals surface area contributed by atoms with Gasteiger partial charge >= 0.3 is 0 Å². The van der Waals surface area contributed by atoms with Crippen LogP contribution in [0.15, 0.2) is 42.5 Å². The molecule has 4 heteroatoms. The second-order valence-electron chi connectivity index (χ2n) is 6.95. The minimum absolute atomic E-state index is 0.0541. The number of rotatable bonds is 4. The highest BCUT2D eigenvalue weighted by molar-refractivity contribution is 5.97. The SMILES string of the molecule is Cc1ccc(C(=O)N2CCC[C@@H](CCc3ccc(F)cc3)C2)c(O)c1. The normalized spacial score (nSPS) is 17.5. The van der Waals surface area contributed by atoms with Crippen molar-refractivity contribution in [2.24, 2.45) is 5.92 Å². The molecule has 1 amide bonds. The first-order valence-corrected chi connectivity index (χ1v) is 8.86. The van der Waals surface area contributed by atoms with Gasteiger partial charge < -0.3 is 10.0 Å². The summed E-state index contributed by atoms with van der Waals surface area (Å²) >= 11 is 0. The second kappa shape index (κ2) is 7.68. The van der Waals surface area contributed by atoms with E-state index in [1.165, 1.54) is 12.1 Å². The molecule has 25 heavy (non-hydrogen) atoms. The number of phenolic OH excluding ortho intramolecular Hbond substituents is 1. The molecule has 1 aliphatic rings. The van der Waals surface area contributed by atoms with Crippen molar-refractivity contribution in [1.82, 2.24) is 4.90 Å². The van der Waals surface area contributed by atoms with Crippen molar-refractivity contribution in [2.45, 2.75) is 32.6 Å². The summed E-state index contributed by atoms with van der Waals surface area (Å²) in [6, 6.07) is 11.8. The molecule has 132 valence electrons. The standard InChI is InChI=1S/C21H24FNO2/c1-15-4-11-19(20(24)13-15)21(25)23-12-2-3-17(14-23)6-5-16-7-9-18(22)10-8-16/h4,7-11,13,17,24H,2-3,5-6,12,14H2,1H3/t17-/m0/s1. The lowest BCUT2D eigenvalue weighted by Gasteiger charge is -2.33. The largest absolute Gasteiger partial charge is 0.507 e. The molecule has 1 aliphatic heterocycles. The highest BCUT2D eigenvalue weighted by atomic mass is 19.1. The Hall–Kier alpha value is -2.36. The lowest BCUT2D eigenvalue weighted by atomic mass is 9.91. The van der Waals surface area contributed by atoms with Crippen molar-refractivity contribution >= 4 is 5.91 Å². The number of hydrogen-bond donors (Lipinski definition) is 1. The predicted molar refractivity (Wildman–Crippen MR) is 96.2 cm³/mol. The van der Waals surface area contributed by atoms with Crippen LogP contribution in [0.3, 0.4) is 0 Å². The third kappa shape index (κ3) is 4.38. The van der Waals surface area contributed by atoms with E-state index in [9.17, 15) is 14.3 Å². The van der Waals surface area contributed by atoms with Gasteiger partial charge in [-0.2, -0.15) is 0 Å². The molecule has 3 nitrogen and oxygen atoms in total. The van der Waals surface area contributed by atoms with Crippen molar-refractivity contribution < 1.29 is 14.3 Å². The molecule has 1 fully saturated rings. The van der Waals surface area contributed by atoms with Crippen LogP contribution in [0.25, 0.3) is 0 Å². The highest BCUT2D eigenvalue weighted by Crippen LogP contribution is 2.26. The van der Waals surface area contributed by atoms with Gasteiger partial charge in [-0.15, -0.1) is 0 Å².